The maximum atomic E-state index is 12.1. The number of hydrogen-bond acceptors (Lipinski definition) is 5. The molecular weight excluding hydrogens is 236 g/mol. The van der Waals surface area contributed by atoms with Gasteiger partial charge in [-0.15, -0.1) is 0 Å². The molecule has 0 unspecified atom stereocenters. The number of aliphatic hydroxyl groups excluding tert-OH is 1. The molecule has 1 aliphatic rings. The second-order valence-electron chi connectivity index (χ2n) is 5.30. The largest absolute Gasteiger partial charge is 0.468 e. The third kappa shape index (κ3) is 3.22. The molecule has 0 saturated heterocycles. The summed E-state index contributed by atoms with van der Waals surface area (Å²) in [5, 5.41) is 9.49. The van der Waals surface area contributed by atoms with Crippen LogP contribution in [0.2, 0.25) is 0 Å². The summed E-state index contributed by atoms with van der Waals surface area (Å²) < 4.78 is 9.92. The fourth-order valence-electron chi connectivity index (χ4n) is 2.16. The second kappa shape index (κ2) is 6.18. The third-order valence-corrected chi connectivity index (χ3v) is 3.32. The maximum absolute atomic E-state index is 12.1. The Morgan fingerprint density at radius 3 is 2.28 bits per heavy atom. The molecule has 18 heavy (non-hydrogen) atoms. The number of ether oxygens (including phenoxy) is 2. The van der Waals surface area contributed by atoms with Crippen LogP contribution >= 0.6 is 0 Å². The fraction of sp³-hybridized carbons (Fsp3) is 0.846. The zero-order valence-electron chi connectivity index (χ0n) is 11.3. The van der Waals surface area contributed by atoms with E-state index in [-0.39, 0.29) is 18.8 Å². The molecule has 0 aliphatic heterocycles. The predicted octanol–water partition coefficient (Wildman–Crippen LogP) is 1.28. The van der Waals surface area contributed by atoms with Crippen LogP contribution in [0.25, 0.3) is 0 Å². The van der Waals surface area contributed by atoms with Crippen molar-refractivity contribution in [3.63, 3.8) is 0 Å². The maximum Gasteiger partial charge on any atom is 0.323 e. The van der Waals surface area contributed by atoms with E-state index in [4.69, 9.17) is 9.47 Å². The predicted molar refractivity (Wildman–Crippen MR) is 64.7 cm³/mol. The van der Waals surface area contributed by atoms with E-state index in [0.29, 0.717) is 19.4 Å². The van der Waals surface area contributed by atoms with Crippen LogP contribution in [0.3, 0.4) is 0 Å². The van der Waals surface area contributed by atoms with Crippen molar-refractivity contribution in [2.24, 2.45) is 11.3 Å². The minimum Gasteiger partial charge on any atom is -0.468 e. The molecule has 0 aromatic carbocycles. The van der Waals surface area contributed by atoms with E-state index in [1.165, 1.54) is 7.11 Å². The summed E-state index contributed by atoms with van der Waals surface area (Å²) >= 11 is 0. The summed E-state index contributed by atoms with van der Waals surface area (Å²) in [7, 11) is 1.27. The highest BCUT2D eigenvalue weighted by Crippen LogP contribution is 2.38. The molecule has 0 bridgehead atoms. The van der Waals surface area contributed by atoms with Crippen molar-refractivity contribution in [2.75, 3.05) is 13.7 Å². The van der Waals surface area contributed by atoms with Gasteiger partial charge in [0.25, 0.3) is 0 Å². The Bertz CT molecular complexity index is 303. The Kier molecular flexibility index (Phi) is 5.14. The lowest BCUT2D eigenvalue weighted by Gasteiger charge is -2.34. The van der Waals surface area contributed by atoms with Crippen LogP contribution in [0.1, 0.15) is 39.5 Å². The summed E-state index contributed by atoms with van der Waals surface area (Å²) in [5.74, 6) is -0.851. The third-order valence-electron chi connectivity index (χ3n) is 3.32. The van der Waals surface area contributed by atoms with Crippen LogP contribution in [0.5, 0.6) is 0 Å². The first-order valence-electron chi connectivity index (χ1n) is 6.36. The Labute approximate surface area is 107 Å². The smallest absolute Gasteiger partial charge is 0.323 e. The highest BCUT2D eigenvalue weighted by atomic mass is 16.6. The quantitative estimate of drug-likeness (QED) is 0.607. The highest BCUT2D eigenvalue weighted by Gasteiger charge is 2.50. The minimum atomic E-state index is -1.22. The van der Waals surface area contributed by atoms with Gasteiger partial charge in [0.2, 0.25) is 0 Å². The van der Waals surface area contributed by atoms with Gasteiger partial charge >= 0.3 is 11.9 Å². The van der Waals surface area contributed by atoms with Gasteiger partial charge in [-0.25, -0.2) is 0 Å². The number of hydrogen-bond donors (Lipinski definition) is 1. The van der Waals surface area contributed by atoms with Gasteiger partial charge in [0.1, 0.15) is 0 Å². The molecule has 104 valence electrons. The minimum absolute atomic E-state index is 0.220. The van der Waals surface area contributed by atoms with Crippen LogP contribution in [0.15, 0.2) is 0 Å². The van der Waals surface area contributed by atoms with E-state index < -0.39 is 23.5 Å². The average Bonchev–Trinajstić information content (AvgIpc) is 2.36. The summed E-state index contributed by atoms with van der Waals surface area (Å²) in [4.78, 5) is 24.0. The molecule has 0 amide bonds. The topological polar surface area (TPSA) is 72.8 Å². The highest BCUT2D eigenvalue weighted by molar-refractivity contribution is 6.00. The van der Waals surface area contributed by atoms with Gasteiger partial charge in [0, 0.05) is 0 Å². The lowest BCUT2D eigenvalue weighted by Crippen LogP contribution is -2.45. The van der Waals surface area contributed by atoms with Crippen molar-refractivity contribution in [3.8, 4) is 0 Å². The van der Waals surface area contributed by atoms with E-state index in [0.717, 1.165) is 0 Å². The van der Waals surface area contributed by atoms with Gasteiger partial charge < -0.3 is 14.6 Å². The molecule has 1 aliphatic carbocycles. The molecule has 0 aromatic rings. The molecule has 1 saturated carbocycles. The van der Waals surface area contributed by atoms with Gasteiger partial charge in [-0.3, -0.25) is 9.59 Å². The number of methoxy groups -OCH3 is 1. The van der Waals surface area contributed by atoms with Crippen LogP contribution in [0, 0.1) is 11.3 Å². The number of aliphatic hydroxyl groups is 1. The lowest BCUT2D eigenvalue weighted by molar-refractivity contribution is -0.175. The van der Waals surface area contributed by atoms with Crippen LogP contribution in [-0.4, -0.2) is 36.9 Å². The normalized spacial score (nSPS) is 27.9. The molecule has 1 rings (SSSR count). The second-order valence-corrected chi connectivity index (χ2v) is 5.30. The number of carbonyl (C=O) groups excluding carboxylic acids is 2. The van der Waals surface area contributed by atoms with E-state index in [1.807, 2.05) is 13.8 Å². The van der Waals surface area contributed by atoms with E-state index in [9.17, 15) is 14.7 Å². The Hall–Kier alpha value is -1.10. The number of rotatable bonds is 4. The molecule has 5 heteroatoms. The van der Waals surface area contributed by atoms with Crippen molar-refractivity contribution < 1.29 is 24.2 Å². The summed E-state index contributed by atoms with van der Waals surface area (Å²) in [6, 6.07) is 0. The van der Waals surface area contributed by atoms with E-state index >= 15 is 0 Å². The lowest BCUT2D eigenvalue weighted by atomic mass is 9.73. The fourth-order valence-corrected chi connectivity index (χ4v) is 2.16. The van der Waals surface area contributed by atoms with Crippen molar-refractivity contribution in [3.05, 3.63) is 0 Å². The zero-order chi connectivity index (χ0) is 13.8. The molecule has 0 aromatic heterocycles. The molecule has 0 heterocycles. The standard InChI is InChI=1S/C13H22O5/c1-9(2)8-18-12(16)13(11(15)17-3)6-4-10(14)5-7-13/h9-10,14H,4-8H2,1-3H3. The van der Waals surface area contributed by atoms with Gasteiger partial charge in [-0.1, -0.05) is 13.8 Å². The first-order valence-corrected chi connectivity index (χ1v) is 6.36. The molecule has 0 spiro atoms. The SMILES string of the molecule is COC(=O)C1(C(=O)OCC(C)C)CCC(O)CC1. The number of carbonyl (C=O) groups is 2. The zero-order valence-corrected chi connectivity index (χ0v) is 11.3. The van der Waals surface area contributed by atoms with Gasteiger partial charge in [-0.2, -0.15) is 0 Å². The molecule has 0 radical (unpaired) electrons. The van der Waals surface area contributed by atoms with Gasteiger partial charge in [0.15, 0.2) is 5.41 Å². The molecule has 1 N–H and O–H groups in total. The van der Waals surface area contributed by atoms with Crippen molar-refractivity contribution >= 4 is 11.9 Å². The van der Waals surface area contributed by atoms with E-state index in [2.05, 4.69) is 0 Å². The molecule has 0 atom stereocenters. The van der Waals surface area contributed by atoms with Crippen molar-refractivity contribution in [1.29, 1.82) is 0 Å². The molecular formula is C13H22O5. The first kappa shape index (κ1) is 15.0. The summed E-state index contributed by atoms with van der Waals surface area (Å²) in [6.45, 7) is 4.16. The van der Waals surface area contributed by atoms with Crippen LogP contribution in [-0.2, 0) is 19.1 Å². The Morgan fingerprint density at radius 1 is 1.28 bits per heavy atom. The molecule has 5 nitrogen and oxygen atoms in total. The molecule has 1 fully saturated rings. The van der Waals surface area contributed by atoms with E-state index in [1.54, 1.807) is 0 Å². The monoisotopic (exact) mass is 258 g/mol. The summed E-state index contributed by atoms with van der Waals surface area (Å²) in [5.41, 5.74) is -1.22. The van der Waals surface area contributed by atoms with Crippen molar-refractivity contribution in [2.45, 2.75) is 45.6 Å². The van der Waals surface area contributed by atoms with Crippen molar-refractivity contribution in [1.82, 2.24) is 0 Å². The first-order chi connectivity index (χ1) is 8.42. The van der Waals surface area contributed by atoms with Gasteiger partial charge in [-0.05, 0) is 31.6 Å². The Balaban J connectivity index is 2.78. The van der Waals surface area contributed by atoms with Crippen LogP contribution < -0.4 is 0 Å². The van der Waals surface area contributed by atoms with Crippen LogP contribution in [0.4, 0.5) is 0 Å². The number of esters is 2. The summed E-state index contributed by atoms with van der Waals surface area (Å²) in [6.07, 6.45) is 0.980. The Morgan fingerprint density at radius 2 is 1.83 bits per heavy atom. The average molecular weight is 258 g/mol. The van der Waals surface area contributed by atoms with Gasteiger partial charge in [0.05, 0.1) is 19.8 Å².